The average molecular weight is 259 g/mol. The molecular weight excluding hydrogens is 242 g/mol. The van der Waals surface area contributed by atoms with Crippen LogP contribution >= 0.6 is 0 Å². The highest BCUT2D eigenvalue weighted by molar-refractivity contribution is 6.07. The first-order valence-electron chi connectivity index (χ1n) is 6.13. The summed E-state index contributed by atoms with van der Waals surface area (Å²) >= 11 is 0. The largest absolute Gasteiger partial charge is 0.466 e. The van der Waals surface area contributed by atoms with Crippen LogP contribution in [-0.2, 0) is 20.9 Å². The molecule has 0 radical (unpaired) electrons. The van der Waals surface area contributed by atoms with Gasteiger partial charge in [-0.3, -0.25) is 4.79 Å². The molecule has 0 bridgehead atoms. The Kier molecular flexibility index (Phi) is 3.42. The van der Waals surface area contributed by atoms with Crippen molar-refractivity contribution in [1.82, 2.24) is 4.90 Å². The van der Waals surface area contributed by atoms with E-state index in [0.717, 1.165) is 5.56 Å². The van der Waals surface area contributed by atoms with Gasteiger partial charge in [0.05, 0.1) is 12.6 Å². The van der Waals surface area contributed by atoms with Crippen molar-refractivity contribution in [2.24, 2.45) is 0 Å². The molecule has 4 nitrogen and oxygen atoms in total. The summed E-state index contributed by atoms with van der Waals surface area (Å²) in [5, 5.41) is 0. The number of carbonyl (C=O) groups is 2. The molecule has 0 aromatic heterocycles. The first kappa shape index (κ1) is 13.3. The maximum atomic E-state index is 12.1. The van der Waals surface area contributed by atoms with E-state index in [-0.39, 0.29) is 5.91 Å². The Labute approximate surface area is 112 Å². The maximum absolute atomic E-state index is 12.1. The Morgan fingerprint density at radius 3 is 2.47 bits per heavy atom. The van der Waals surface area contributed by atoms with E-state index in [2.05, 4.69) is 4.74 Å². The van der Waals surface area contributed by atoms with Crippen molar-refractivity contribution >= 4 is 11.9 Å². The summed E-state index contributed by atoms with van der Waals surface area (Å²) in [6.45, 7) is 4.39. The topological polar surface area (TPSA) is 46.6 Å². The van der Waals surface area contributed by atoms with Crippen LogP contribution < -0.4 is 0 Å². The summed E-state index contributed by atoms with van der Waals surface area (Å²) in [5.74, 6) is -0.602. The van der Waals surface area contributed by atoms with Crippen molar-refractivity contribution in [3.05, 3.63) is 47.5 Å². The van der Waals surface area contributed by atoms with Gasteiger partial charge in [-0.15, -0.1) is 0 Å². The van der Waals surface area contributed by atoms with Gasteiger partial charge in [0.2, 0.25) is 0 Å². The van der Waals surface area contributed by atoms with E-state index in [1.807, 2.05) is 44.2 Å². The van der Waals surface area contributed by atoms with Crippen LogP contribution in [0, 0.1) is 0 Å². The number of likely N-dealkylation sites (tertiary alicyclic amines) is 1. The number of methoxy groups -OCH3 is 1. The van der Waals surface area contributed by atoms with Gasteiger partial charge in [-0.1, -0.05) is 30.3 Å². The zero-order valence-corrected chi connectivity index (χ0v) is 11.3. The summed E-state index contributed by atoms with van der Waals surface area (Å²) in [6.07, 6.45) is 1.28. The zero-order valence-electron chi connectivity index (χ0n) is 11.3. The van der Waals surface area contributed by atoms with E-state index in [1.165, 1.54) is 13.2 Å². The van der Waals surface area contributed by atoms with Gasteiger partial charge >= 0.3 is 5.97 Å². The molecule has 1 aliphatic heterocycles. The maximum Gasteiger partial charge on any atom is 0.331 e. The molecule has 1 aromatic rings. The number of rotatable bonds is 3. The first-order valence-corrected chi connectivity index (χ1v) is 6.13. The lowest BCUT2D eigenvalue weighted by Gasteiger charge is -2.49. The Morgan fingerprint density at radius 2 is 1.95 bits per heavy atom. The first-order chi connectivity index (χ1) is 8.96. The van der Waals surface area contributed by atoms with Crippen molar-refractivity contribution in [2.45, 2.75) is 25.9 Å². The third kappa shape index (κ3) is 2.38. The highest BCUT2D eigenvalue weighted by Gasteiger charge is 2.49. The highest BCUT2D eigenvalue weighted by Crippen LogP contribution is 2.38. The number of hydrogen-bond acceptors (Lipinski definition) is 3. The minimum atomic E-state index is -0.490. The fourth-order valence-corrected chi connectivity index (χ4v) is 2.20. The van der Waals surface area contributed by atoms with E-state index in [4.69, 9.17) is 0 Å². The van der Waals surface area contributed by atoms with Crippen molar-refractivity contribution in [3.8, 4) is 0 Å². The van der Waals surface area contributed by atoms with Crippen molar-refractivity contribution < 1.29 is 14.3 Å². The van der Waals surface area contributed by atoms with Crippen LogP contribution in [0.5, 0.6) is 0 Å². The van der Waals surface area contributed by atoms with Crippen LogP contribution in [0.2, 0.25) is 0 Å². The van der Waals surface area contributed by atoms with Gasteiger partial charge in [0.15, 0.2) is 0 Å². The van der Waals surface area contributed by atoms with Crippen LogP contribution in [0.3, 0.4) is 0 Å². The molecule has 2 rings (SSSR count). The van der Waals surface area contributed by atoms with E-state index in [9.17, 15) is 9.59 Å². The lowest BCUT2D eigenvalue weighted by atomic mass is 9.81. The molecular formula is C15H17NO3. The smallest absolute Gasteiger partial charge is 0.331 e. The average Bonchev–Trinajstić information content (AvgIpc) is 2.42. The molecule has 0 spiro atoms. The van der Waals surface area contributed by atoms with Crippen LogP contribution in [-0.4, -0.2) is 29.4 Å². The number of benzene rings is 1. The quantitative estimate of drug-likeness (QED) is 0.473. The van der Waals surface area contributed by atoms with Gasteiger partial charge in [0.1, 0.15) is 0 Å². The monoisotopic (exact) mass is 259 g/mol. The lowest BCUT2D eigenvalue weighted by Crippen LogP contribution is -2.61. The number of ether oxygens (including phenoxy) is 1. The summed E-state index contributed by atoms with van der Waals surface area (Å²) in [6, 6.07) is 9.78. The Balaban J connectivity index is 2.16. The van der Waals surface area contributed by atoms with Crippen LogP contribution in [0.15, 0.2) is 42.0 Å². The molecule has 0 unspecified atom stereocenters. The van der Waals surface area contributed by atoms with Crippen LogP contribution in [0.25, 0.3) is 0 Å². The second-order valence-electron chi connectivity index (χ2n) is 5.02. The molecule has 0 saturated carbocycles. The SMILES string of the molecule is COC(=O)/C=C1\C(=O)N(Cc2ccccc2)C1(C)C. The molecule has 1 fully saturated rings. The van der Waals surface area contributed by atoms with Crippen molar-refractivity contribution in [2.75, 3.05) is 7.11 Å². The summed E-state index contributed by atoms with van der Waals surface area (Å²) in [5.41, 5.74) is 1.12. The highest BCUT2D eigenvalue weighted by atomic mass is 16.5. The standard InChI is InChI=1S/C15H17NO3/c1-15(2)12(9-13(17)19-3)14(18)16(15)10-11-7-5-4-6-8-11/h4-9H,10H2,1-3H3/b12-9+. The van der Waals surface area contributed by atoms with E-state index >= 15 is 0 Å². The van der Waals surface area contributed by atoms with Crippen LogP contribution in [0.4, 0.5) is 0 Å². The summed E-state index contributed by atoms with van der Waals surface area (Å²) in [7, 11) is 1.30. The predicted molar refractivity (Wildman–Crippen MR) is 71.2 cm³/mol. The van der Waals surface area contributed by atoms with Gasteiger partial charge < -0.3 is 9.64 Å². The Bertz CT molecular complexity index is 532. The number of esters is 1. The summed E-state index contributed by atoms with van der Waals surface area (Å²) < 4.78 is 4.57. The number of amides is 1. The second-order valence-corrected chi connectivity index (χ2v) is 5.02. The third-order valence-electron chi connectivity index (χ3n) is 3.46. The minimum absolute atomic E-state index is 0.112. The molecule has 1 aliphatic rings. The Hall–Kier alpha value is -2.10. The molecule has 0 atom stereocenters. The minimum Gasteiger partial charge on any atom is -0.466 e. The molecule has 1 saturated heterocycles. The van der Waals surface area contributed by atoms with Gasteiger partial charge in [-0.05, 0) is 19.4 Å². The molecule has 19 heavy (non-hydrogen) atoms. The lowest BCUT2D eigenvalue weighted by molar-refractivity contribution is -0.144. The fraction of sp³-hybridized carbons (Fsp3) is 0.333. The van der Waals surface area contributed by atoms with E-state index < -0.39 is 11.5 Å². The van der Waals surface area contributed by atoms with Crippen molar-refractivity contribution in [3.63, 3.8) is 0 Å². The molecule has 1 heterocycles. The zero-order chi connectivity index (χ0) is 14.0. The normalized spacial score (nSPS) is 19.2. The van der Waals surface area contributed by atoms with Crippen molar-refractivity contribution in [1.29, 1.82) is 0 Å². The predicted octanol–water partition coefficient (Wildman–Crippen LogP) is 1.91. The van der Waals surface area contributed by atoms with Gasteiger partial charge in [-0.2, -0.15) is 0 Å². The summed E-state index contributed by atoms with van der Waals surface area (Å²) in [4.78, 5) is 25.1. The van der Waals surface area contributed by atoms with E-state index in [1.54, 1.807) is 4.90 Å². The number of carbonyl (C=O) groups excluding carboxylic acids is 2. The molecule has 100 valence electrons. The molecule has 0 N–H and O–H groups in total. The number of nitrogens with zero attached hydrogens (tertiary/aromatic N) is 1. The molecule has 1 aromatic carbocycles. The molecule has 4 heteroatoms. The van der Waals surface area contributed by atoms with Gasteiger partial charge in [0.25, 0.3) is 5.91 Å². The Morgan fingerprint density at radius 1 is 1.32 bits per heavy atom. The van der Waals surface area contributed by atoms with Gasteiger partial charge in [0, 0.05) is 18.2 Å². The van der Waals surface area contributed by atoms with Gasteiger partial charge in [-0.25, -0.2) is 4.79 Å². The number of β-lactam (4-membered cyclic amide) rings is 1. The second kappa shape index (κ2) is 4.88. The number of hydrogen-bond donors (Lipinski definition) is 0. The van der Waals surface area contributed by atoms with E-state index in [0.29, 0.717) is 12.1 Å². The third-order valence-corrected chi connectivity index (χ3v) is 3.46. The molecule has 1 amide bonds. The molecule has 0 aliphatic carbocycles. The van der Waals surface area contributed by atoms with Crippen LogP contribution in [0.1, 0.15) is 19.4 Å². The fourth-order valence-electron chi connectivity index (χ4n) is 2.20.